The summed E-state index contributed by atoms with van der Waals surface area (Å²) >= 11 is 0. The molecule has 0 bridgehead atoms. The van der Waals surface area contributed by atoms with Crippen molar-refractivity contribution in [2.24, 2.45) is 11.8 Å². The molecule has 0 spiro atoms. The summed E-state index contributed by atoms with van der Waals surface area (Å²) in [6.45, 7) is 5.80. The molecule has 1 fully saturated rings. The highest BCUT2D eigenvalue weighted by atomic mass is 32.2. The van der Waals surface area contributed by atoms with Gasteiger partial charge in [0.05, 0.1) is 25.7 Å². The molecule has 4 atom stereocenters. The van der Waals surface area contributed by atoms with Crippen molar-refractivity contribution in [2.75, 3.05) is 20.8 Å². The van der Waals surface area contributed by atoms with Crippen molar-refractivity contribution in [3.8, 4) is 17.2 Å². The Morgan fingerprint density at radius 3 is 2.45 bits per heavy atom. The summed E-state index contributed by atoms with van der Waals surface area (Å²) in [6.07, 6.45) is 0.414. The van der Waals surface area contributed by atoms with E-state index in [2.05, 4.69) is 13.8 Å². The topological polar surface area (TPSA) is 91.3 Å². The van der Waals surface area contributed by atoms with Crippen LogP contribution in [0.25, 0.3) is 0 Å². The van der Waals surface area contributed by atoms with Crippen LogP contribution in [0.15, 0.2) is 41.3 Å². The second-order valence-corrected chi connectivity index (χ2v) is 11.0. The fraction of sp³-hybridized carbons (Fsp3) is 0.520. The number of methoxy groups -OCH3 is 2. The molecule has 2 aromatic rings. The van der Waals surface area contributed by atoms with Crippen molar-refractivity contribution in [3.63, 3.8) is 0 Å². The Bertz CT molecular complexity index is 1110. The van der Waals surface area contributed by atoms with E-state index in [0.29, 0.717) is 36.0 Å². The first kappa shape index (κ1) is 23.9. The molecule has 2 aromatic carbocycles. The molecule has 1 aliphatic heterocycles. The minimum Gasteiger partial charge on any atom is -0.496 e. The maximum atomic E-state index is 12.8. The van der Waals surface area contributed by atoms with Crippen molar-refractivity contribution in [1.82, 2.24) is 0 Å². The number of benzene rings is 2. The first-order valence-electron chi connectivity index (χ1n) is 11.2. The molecular weight excluding hydrogens is 444 g/mol. The van der Waals surface area contributed by atoms with Gasteiger partial charge in [0.2, 0.25) is 0 Å². The lowest BCUT2D eigenvalue weighted by molar-refractivity contribution is -0.124. The monoisotopic (exact) mass is 476 g/mol. The predicted molar refractivity (Wildman–Crippen MR) is 124 cm³/mol. The Kier molecular flexibility index (Phi) is 6.37. The zero-order valence-corrected chi connectivity index (χ0v) is 20.5. The third-order valence-corrected chi connectivity index (χ3v) is 8.26. The molecule has 7 nitrogen and oxygen atoms in total. The highest BCUT2D eigenvalue weighted by Gasteiger charge is 2.56. The molecule has 1 aliphatic carbocycles. The molecule has 1 heterocycles. The second-order valence-electron chi connectivity index (χ2n) is 9.39. The summed E-state index contributed by atoms with van der Waals surface area (Å²) in [5.74, 6) is 2.22. The minimum absolute atomic E-state index is 0.0612. The lowest BCUT2D eigenvalue weighted by atomic mass is 9.64. The average Bonchev–Trinajstić information content (AvgIpc) is 3.18. The quantitative estimate of drug-likeness (QED) is 0.603. The molecule has 33 heavy (non-hydrogen) atoms. The lowest BCUT2D eigenvalue weighted by Crippen LogP contribution is -2.55. The van der Waals surface area contributed by atoms with E-state index >= 15 is 0 Å². The Morgan fingerprint density at radius 2 is 1.85 bits per heavy atom. The van der Waals surface area contributed by atoms with Gasteiger partial charge in [0.25, 0.3) is 10.1 Å². The van der Waals surface area contributed by atoms with E-state index in [-0.39, 0.29) is 23.3 Å². The number of hydrogen-bond acceptors (Lipinski definition) is 7. The van der Waals surface area contributed by atoms with Gasteiger partial charge in [0.15, 0.2) is 0 Å². The third-order valence-electron chi connectivity index (χ3n) is 6.98. The van der Waals surface area contributed by atoms with Crippen molar-refractivity contribution >= 4 is 10.1 Å². The normalized spacial score (nSPS) is 26.5. The number of aryl methyl sites for hydroxylation is 1. The largest absolute Gasteiger partial charge is 0.496 e. The number of hydrogen-bond donors (Lipinski definition) is 1. The van der Waals surface area contributed by atoms with Crippen LogP contribution in [0.5, 0.6) is 17.2 Å². The first-order chi connectivity index (χ1) is 15.6. The molecule has 180 valence electrons. The van der Waals surface area contributed by atoms with E-state index < -0.39 is 21.8 Å². The fourth-order valence-electron chi connectivity index (χ4n) is 5.13. The number of rotatable bonds is 7. The molecule has 8 heteroatoms. The molecule has 0 saturated heterocycles. The van der Waals surface area contributed by atoms with Crippen LogP contribution in [-0.2, 0) is 14.3 Å². The van der Waals surface area contributed by atoms with Gasteiger partial charge in [0, 0.05) is 23.6 Å². The van der Waals surface area contributed by atoms with Gasteiger partial charge in [-0.3, -0.25) is 4.18 Å². The molecule has 0 amide bonds. The summed E-state index contributed by atoms with van der Waals surface area (Å²) in [5.41, 5.74) is 0.357. The zero-order chi connectivity index (χ0) is 24.0. The Labute approximate surface area is 195 Å². The molecule has 4 rings (SSSR count). The van der Waals surface area contributed by atoms with Crippen LogP contribution >= 0.6 is 0 Å². The van der Waals surface area contributed by atoms with Crippen LogP contribution in [0.3, 0.4) is 0 Å². The maximum Gasteiger partial charge on any atom is 0.297 e. The Hall–Kier alpha value is -2.29. The summed E-state index contributed by atoms with van der Waals surface area (Å²) in [5, 5.41) is 11.7. The number of ether oxygens (including phenoxy) is 3. The van der Waals surface area contributed by atoms with Gasteiger partial charge in [-0.1, -0.05) is 31.5 Å². The van der Waals surface area contributed by atoms with Crippen LogP contribution < -0.4 is 14.2 Å². The lowest BCUT2D eigenvalue weighted by Gasteiger charge is -2.45. The van der Waals surface area contributed by atoms with E-state index in [1.165, 1.54) is 12.1 Å². The minimum atomic E-state index is -4.02. The maximum absolute atomic E-state index is 12.8. The van der Waals surface area contributed by atoms with Gasteiger partial charge < -0.3 is 19.3 Å². The van der Waals surface area contributed by atoms with Crippen LogP contribution in [-0.4, -0.2) is 46.1 Å². The zero-order valence-electron chi connectivity index (χ0n) is 19.7. The van der Waals surface area contributed by atoms with Gasteiger partial charge in [-0.05, 0) is 43.7 Å². The van der Waals surface area contributed by atoms with Gasteiger partial charge in [-0.25, -0.2) is 0 Å². The molecule has 1 N–H and O–H groups in total. The van der Waals surface area contributed by atoms with Crippen LogP contribution in [0, 0.1) is 18.8 Å². The highest BCUT2D eigenvalue weighted by molar-refractivity contribution is 7.86. The SMILES string of the molecule is COc1cc(OC)c2c(c1)O[C@@H]1[C@H]2[C@@H](C(C)C)CC[C@]1(O)COS(=O)(=O)c1ccc(C)cc1. The van der Waals surface area contributed by atoms with E-state index in [4.69, 9.17) is 18.4 Å². The highest BCUT2D eigenvalue weighted by Crippen LogP contribution is 2.57. The number of aliphatic hydroxyl groups is 1. The van der Waals surface area contributed by atoms with Crippen LogP contribution in [0.1, 0.15) is 43.7 Å². The predicted octanol–water partition coefficient (Wildman–Crippen LogP) is 4.06. The molecule has 2 aliphatic rings. The van der Waals surface area contributed by atoms with Crippen LogP contribution in [0.4, 0.5) is 0 Å². The van der Waals surface area contributed by atoms with Crippen molar-refractivity contribution in [1.29, 1.82) is 0 Å². The standard InChI is InChI=1S/C25H32O7S/c1-15(2)19-10-11-25(26,14-31-33(27,28)18-8-6-16(3)7-9-18)24-22(19)23-20(30-5)12-17(29-4)13-21(23)32-24/h6-9,12-13,15,19,22,24,26H,10-11,14H2,1-5H3/t19-,22+,24-,25+/m1/s1. The van der Waals surface area contributed by atoms with E-state index in [1.807, 2.05) is 13.0 Å². The smallest absolute Gasteiger partial charge is 0.297 e. The summed E-state index contributed by atoms with van der Waals surface area (Å²) < 4.78 is 48.3. The van der Waals surface area contributed by atoms with Crippen molar-refractivity contribution in [2.45, 2.75) is 56.1 Å². The van der Waals surface area contributed by atoms with Gasteiger partial charge >= 0.3 is 0 Å². The molecule has 0 radical (unpaired) electrons. The van der Waals surface area contributed by atoms with E-state index in [0.717, 1.165) is 11.1 Å². The third kappa shape index (κ3) is 4.32. The first-order valence-corrected chi connectivity index (χ1v) is 12.6. The van der Waals surface area contributed by atoms with Crippen molar-refractivity contribution < 1.29 is 31.9 Å². The van der Waals surface area contributed by atoms with Crippen LogP contribution in [0.2, 0.25) is 0 Å². The molecular formula is C25H32O7S. The molecule has 1 saturated carbocycles. The summed E-state index contributed by atoms with van der Waals surface area (Å²) in [4.78, 5) is 0.0612. The van der Waals surface area contributed by atoms with E-state index in [1.54, 1.807) is 32.4 Å². The molecule has 0 aromatic heterocycles. The Morgan fingerprint density at radius 1 is 1.15 bits per heavy atom. The Balaban J connectivity index is 1.66. The average molecular weight is 477 g/mol. The fourth-order valence-corrected chi connectivity index (χ4v) is 6.09. The van der Waals surface area contributed by atoms with Gasteiger partial charge in [-0.2, -0.15) is 8.42 Å². The molecule has 0 unspecified atom stereocenters. The summed E-state index contributed by atoms with van der Waals surface area (Å²) in [7, 11) is -0.858. The van der Waals surface area contributed by atoms with E-state index in [9.17, 15) is 13.5 Å². The van der Waals surface area contributed by atoms with Gasteiger partial charge in [0.1, 0.15) is 29.0 Å². The second kappa shape index (κ2) is 8.81. The summed E-state index contributed by atoms with van der Waals surface area (Å²) in [6, 6.07) is 10.0. The number of fused-ring (bicyclic) bond motifs is 3. The van der Waals surface area contributed by atoms with Crippen molar-refractivity contribution in [3.05, 3.63) is 47.5 Å². The van der Waals surface area contributed by atoms with Gasteiger partial charge in [-0.15, -0.1) is 0 Å².